The Morgan fingerprint density at radius 1 is 1.19 bits per heavy atom. The predicted octanol–water partition coefficient (Wildman–Crippen LogP) is 4.50. The van der Waals surface area contributed by atoms with Gasteiger partial charge >= 0.3 is 5.97 Å². The Labute approximate surface area is 168 Å². The first-order chi connectivity index (χ1) is 12.8. The van der Waals surface area contributed by atoms with Gasteiger partial charge in [-0.1, -0.05) is 53.2 Å². The van der Waals surface area contributed by atoms with E-state index in [-0.39, 0.29) is 12.5 Å². The molecule has 0 aromatic heterocycles. The molecule has 0 aliphatic heterocycles. The second kappa shape index (κ2) is 9.77. The lowest BCUT2D eigenvalue weighted by Crippen LogP contribution is -2.29. The zero-order valence-corrected chi connectivity index (χ0v) is 16.5. The summed E-state index contributed by atoms with van der Waals surface area (Å²) >= 11 is 11.9. The number of ether oxygens (including phenoxy) is 1. The van der Waals surface area contributed by atoms with Crippen LogP contribution in [0, 0.1) is 11.8 Å². The van der Waals surface area contributed by atoms with Crippen LogP contribution >= 0.6 is 23.2 Å². The maximum atomic E-state index is 11.3. The van der Waals surface area contributed by atoms with E-state index < -0.39 is 18.2 Å². The van der Waals surface area contributed by atoms with Crippen LogP contribution in [-0.2, 0) is 16.0 Å². The number of hydrogen-bond donors (Lipinski definition) is 2. The summed E-state index contributed by atoms with van der Waals surface area (Å²) in [6, 6.07) is 12.0. The van der Waals surface area contributed by atoms with Gasteiger partial charge in [-0.3, -0.25) is 0 Å². The summed E-state index contributed by atoms with van der Waals surface area (Å²) in [6.07, 6.45) is -1.94. The summed E-state index contributed by atoms with van der Waals surface area (Å²) in [7, 11) is 0. The van der Waals surface area contributed by atoms with Crippen LogP contribution in [0.3, 0.4) is 0 Å². The van der Waals surface area contributed by atoms with Gasteiger partial charge in [-0.25, -0.2) is 4.79 Å². The molecule has 0 spiro atoms. The lowest BCUT2D eigenvalue weighted by Gasteiger charge is -2.16. The molecule has 142 valence electrons. The zero-order valence-electron chi connectivity index (χ0n) is 14.9. The smallest absolute Gasteiger partial charge is 0.333 e. The third-order valence-corrected chi connectivity index (χ3v) is 4.23. The number of hydrogen-bond acceptors (Lipinski definition) is 3. The molecule has 0 saturated carbocycles. The van der Waals surface area contributed by atoms with Crippen molar-refractivity contribution in [3.63, 3.8) is 0 Å². The van der Waals surface area contributed by atoms with E-state index >= 15 is 0 Å². The highest BCUT2D eigenvalue weighted by Gasteiger charge is 2.20. The lowest BCUT2D eigenvalue weighted by molar-refractivity contribution is -0.153. The van der Waals surface area contributed by atoms with E-state index in [1.807, 2.05) is 6.07 Å². The molecule has 0 radical (unpaired) electrons. The molecule has 2 N–H and O–H groups in total. The summed E-state index contributed by atoms with van der Waals surface area (Å²) < 4.78 is 5.43. The van der Waals surface area contributed by atoms with Crippen LogP contribution in [0.2, 0.25) is 10.0 Å². The monoisotopic (exact) mass is 406 g/mol. The quantitative estimate of drug-likeness (QED) is 0.692. The first-order valence-electron chi connectivity index (χ1n) is 8.38. The number of rotatable bonds is 6. The van der Waals surface area contributed by atoms with Gasteiger partial charge in [-0.15, -0.1) is 0 Å². The van der Waals surface area contributed by atoms with Gasteiger partial charge in [0.25, 0.3) is 0 Å². The molecule has 0 heterocycles. The number of aliphatic hydroxyl groups excluding tert-OH is 1. The van der Waals surface area contributed by atoms with Crippen LogP contribution in [0.4, 0.5) is 0 Å². The van der Waals surface area contributed by atoms with Gasteiger partial charge in [-0.2, -0.15) is 0 Å². The molecule has 0 saturated heterocycles. The van der Waals surface area contributed by atoms with Crippen LogP contribution < -0.4 is 0 Å². The second-order valence-corrected chi connectivity index (χ2v) is 7.10. The molecule has 0 bridgehead atoms. The van der Waals surface area contributed by atoms with Gasteiger partial charge in [0.1, 0.15) is 6.10 Å². The van der Waals surface area contributed by atoms with Crippen molar-refractivity contribution in [3.8, 4) is 11.8 Å². The normalized spacial score (nSPS) is 13.0. The molecule has 0 fully saturated rings. The van der Waals surface area contributed by atoms with Crippen LogP contribution in [0.1, 0.15) is 36.6 Å². The predicted molar refractivity (Wildman–Crippen MR) is 106 cm³/mol. The molecule has 2 aromatic carbocycles. The molecule has 6 heteroatoms. The highest BCUT2D eigenvalue weighted by Crippen LogP contribution is 2.26. The average molecular weight is 407 g/mol. The molecular weight excluding hydrogens is 387 g/mol. The second-order valence-electron chi connectivity index (χ2n) is 6.25. The third-order valence-electron chi connectivity index (χ3n) is 3.67. The highest BCUT2D eigenvalue weighted by atomic mass is 35.5. The van der Waals surface area contributed by atoms with E-state index in [4.69, 9.17) is 27.9 Å². The molecule has 0 amide bonds. The van der Waals surface area contributed by atoms with Gasteiger partial charge in [0.05, 0.1) is 6.10 Å². The van der Waals surface area contributed by atoms with E-state index in [1.54, 1.807) is 50.2 Å². The maximum Gasteiger partial charge on any atom is 0.333 e. The Morgan fingerprint density at radius 2 is 1.93 bits per heavy atom. The molecule has 0 aliphatic carbocycles. The minimum atomic E-state index is -1.06. The van der Waals surface area contributed by atoms with Crippen molar-refractivity contribution in [1.29, 1.82) is 0 Å². The van der Waals surface area contributed by atoms with E-state index in [1.165, 1.54) is 0 Å². The van der Waals surface area contributed by atoms with Crippen LogP contribution in [0.5, 0.6) is 0 Å². The van der Waals surface area contributed by atoms with Gasteiger partial charge in [-0.05, 0) is 43.7 Å². The van der Waals surface area contributed by atoms with Crippen molar-refractivity contribution < 1.29 is 19.7 Å². The number of aliphatic hydroxyl groups is 1. The number of benzene rings is 2. The Bertz CT molecular complexity index is 868. The first kappa shape index (κ1) is 21.3. The molecular formula is C21H20Cl2O4. The fourth-order valence-electron chi connectivity index (χ4n) is 2.46. The van der Waals surface area contributed by atoms with Crippen LogP contribution in [-0.4, -0.2) is 28.4 Å². The molecule has 2 unspecified atom stereocenters. The standard InChI is InChI=1S/C21H20Cl2O4/c1-13(2)27-20(21(25)26)11-15-5-3-4-14(10-15)6-9-19(24)17-8-7-16(22)12-18(17)23/h3-5,7-8,10,12-13,19-20,24H,11H2,1-2H3,(H,25,26). The first-order valence-corrected chi connectivity index (χ1v) is 9.13. The molecule has 2 atom stereocenters. The Balaban J connectivity index is 2.16. The Hall–Kier alpha value is -2.03. The summed E-state index contributed by atoms with van der Waals surface area (Å²) in [4.78, 5) is 11.3. The number of carbonyl (C=O) groups is 1. The fourth-order valence-corrected chi connectivity index (χ4v) is 2.98. The minimum absolute atomic E-state index is 0.187. The van der Waals surface area contributed by atoms with E-state index in [0.29, 0.717) is 21.2 Å². The Kier molecular flexibility index (Phi) is 7.70. The summed E-state index contributed by atoms with van der Waals surface area (Å²) in [5.74, 6) is 4.62. The average Bonchev–Trinajstić information content (AvgIpc) is 2.59. The number of aliphatic carboxylic acids is 1. The molecule has 2 rings (SSSR count). The van der Waals surface area contributed by atoms with Crippen molar-refractivity contribution in [3.05, 3.63) is 69.2 Å². The molecule has 4 nitrogen and oxygen atoms in total. The van der Waals surface area contributed by atoms with Crippen molar-refractivity contribution in [2.24, 2.45) is 0 Å². The molecule has 2 aromatic rings. The van der Waals surface area contributed by atoms with Crippen LogP contribution in [0.25, 0.3) is 0 Å². The molecule has 0 aliphatic rings. The van der Waals surface area contributed by atoms with Gasteiger partial charge in [0, 0.05) is 27.6 Å². The number of carboxylic acids is 1. The van der Waals surface area contributed by atoms with Gasteiger partial charge in [0.2, 0.25) is 0 Å². The van der Waals surface area contributed by atoms with Gasteiger partial charge in [0.15, 0.2) is 6.10 Å². The zero-order chi connectivity index (χ0) is 20.0. The van der Waals surface area contributed by atoms with Crippen molar-refractivity contribution in [1.82, 2.24) is 0 Å². The highest BCUT2D eigenvalue weighted by molar-refractivity contribution is 6.35. The van der Waals surface area contributed by atoms with Gasteiger partial charge < -0.3 is 14.9 Å². The third kappa shape index (κ3) is 6.57. The van der Waals surface area contributed by atoms with E-state index in [2.05, 4.69) is 11.8 Å². The fraction of sp³-hybridized carbons (Fsp3) is 0.286. The van der Waals surface area contributed by atoms with Crippen molar-refractivity contribution >= 4 is 29.2 Å². The summed E-state index contributed by atoms with van der Waals surface area (Å²) in [5.41, 5.74) is 1.92. The minimum Gasteiger partial charge on any atom is -0.479 e. The SMILES string of the molecule is CC(C)OC(Cc1cccc(C#CC(O)c2ccc(Cl)cc2Cl)c1)C(=O)O. The van der Waals surface area contributed by atoms with E-state index in [0.717, 1.165) is 5.56 Å². The molecule has 27 heavy (non-hydrogen) atoms. The summed E-state index contributed by atoms with van der Waals surface area (Å²) in [5, 5.41) is 20.4. The van der Waals surface area contributed by atoms with Crippen molar-refractivity contribution in [2.75, 3.05) is 0 Å². The number of carboxylic acid groups (broad SMARTS) is 1. The van der Waals surface area contributed by atoms with Crippen molar-refractivity contribution in [2.45, 2.75) is 38.6 Å². The number of halogens is 2. The van der Waals surface area contributed by atoms with Crippen LogP contribution in [0.15, 0.2) is 42.5 Å². The summed E-state index contributed by atoms with van der Waals surface area (Å²) in [6.45, 7) is 3.59. The largest absolute Gasteiger partial charge is 0.479 e. The van der Waals surface area contributed by atoms with E-state index in [9.17, 15) is 15.0 Å². The Morgan fingerprint density at radius 3 is 2.56 bits per heavy atom. The topological polar surface area (TPSA) is 66.8 Å². The maximum absolute atomic E-state index is 11.3. The lowest BCUT2D eigenvalue weighted by atomic mass is 10.0.